The van der Waals surface area contributed by atoms with Crippen LogP contribution in [0.4, 0.5) is 5.69 Å². The predicted molar refractivity (Wildman–Crippen MR) is 61.4 cm³/mol. The molecule has 0 fully saturated rings. The number of rotatable bonds is 4. The van der Waals surface area contributed by atoms with Gasteiger partial charge in [-0.2, -0.15) is 0 Å². The molecule has 0 aliphatic rings. The molecule has 1 rings (SSSR count). The molecule has 1 aromatic carbocycles. The first-order valence-electron chi connectivity index (χ1n) is 5.08. The highest BCUT2D eigenvalue weighted by molar-refractivity contribution is 5.73. The number of nitrogens with zero attached hydrogens (tertiary/aromatic N) is 1. The first-order chi connectivity index (χ1) is 7.02. The number of carboxylic acids is 1. The highest BCUT2D eigenvalue weighted by Gasteiger charge is 2.08. The summed E-state index contributed by atoms with van der Waals surface area (Å²) in [4.78, 5) is 12.5. The van der Waals surface area contributed by atoms with E-state index in [0.29, 0.717) is 6.54 Å². The van der Waals surface area contributed by atoms with Crippen LogP contribution in [0.15, 0.2) is 18.2 Å². The highest BCUT2D eigenvalue weighted by Crippen LogP contribution is 2.18. The molecule has 0 aromatic heterocycles. The van der Waals surface area contributed by atoms with E-state index in [1.807, 2.05) is 37.8 Å². The lowest BCUT2D eigenvalue weighted by Crippen LogP contribution is -2.29. The van der Waals surface area contributed by atoms with Crippen molar-refractivity contribution in [2.24, 2.45) is 0 Å². The van der Waals surface area contributed by atoms with Crippen LogP contribution in [-0.2, 0) is 4.79 Å². The van der Waals surface area contributed by atoms with E-state index in [1.165, 1.54) is 0 Å². The molecule has 82 valence electrons. The van der Waals surface area contributed by atoms with E-state index >= 15 is 0 Å². The van der Waals surface area contributed by atoms with Crippen molar-refractivity contribution in [1.82, 2.24) is 0 Å². The second kappa shape index (κ2) is 4.82. The Morgan fingerprint density at radius 2 is 1.80 bits per heavy atom. The first kappa shape index (κ1) is 11.6. The minimum Gasteiger partial charge on any atom is -0.480 e. The molecule has 0 bridgehead atoms. The Morgan fingerprint density at radius 3 is 2.20 bits per heavy atom. The summed E-state index contributed by atoms with van der Waals surface area (Å²) < 4.78 is 0. The van der Waals surface area contributed by atoms with Crippen LogP contribution in [0.3, 0.4) is 0 Å². The Labute approximate surface area is 90.3 Å². The van der Waals surface area contributed by atoms with Crippen LogP contribution < -0.4 is 4.90 Å². The fraction of sp³-hybridized carbons (Fsp3) is 0.417. The van der Waals surface area contributed by atoms with Crippen molar-refractivity contribution in [3.05, 3.63) is 29.3 Å². The van der Waals surface area contributed by atoms with Gasteiger partial charge in [-0.1, -0.05) is 6.07 Å². The van der Waals surface area contributed by atoms with Crippen molar-refractivity contribution in [2.75, 3.05) is 18.0 Å². The van der Waals surface area contributed by atoms with Gasteiger partial charge in [-0.25, -0.2) is 0 Å². The summed E-state index contributed by atoms with van der Waals surface area (Å²) in [5, 5.41) is 8.77. The lowest BCUT2D eigenvalue weighted by molar-refractivity contribution is -0.135. The normalized spacial score (nSPS) is 10.1. The summed E-state index contributed by atoms with van der Waals surface area (Å²) in [5.41, 5.74) is 3.31. The van der Waals surface area contributed by atoms with E-state index in [2.05, 4.69) is 6.07 Å². The third-order valence-corrected chi connectivity index (χ3v) is 2.28. The van der Waals surface area contributed by atoms with E-state index in [-0.39, 0.29) is 6.54 Å². The Morgan fingerprint density at radius 1 is 1.27 bits per heavy atom. The molecule has 0 aliphatic carbocycles. The molecule has 3 heteroatoms. The van der Waals surface area contributed by atoms with Crippen LogP contribution in [0.5, 0.6) is 0 Å². The molecule has 1 aromatic rings. The number of aliphatic carboxylic acids is 1. The standard InChI is InChI=1S/C12H17NO2/c1-4-13(8-12(14)15)11-6-9(2)5-10(3)7-11/h5-7H,4,8H2,1-3H3,(H,14,15). The van der Waals surface area contributed by atoms with Gasteiger partial charge >= 0.3 is 5.97 Å². The lowest BCUT2D eigenvalue weighted by Gasteiger charge is -2.21. The maximum atomic E-state index is 10.7. The smallest absolute Gasteiger partial charge is 0.323 e. The Balaban J connectivity index is 2.95. The molecule has 0 radical (unpaired) electrons. The van der Waals surface area contributed by atoms with E-state index < -0.39 is 5.97 Å². The van der Waals surface area contributed by atoms with Gasteiger partial charge in [-0.3, -0.25) is 4.79 Å². The zero-order chi connectivity index (χ0) is 11.4. The van der Waals surface area contributed by atoms with E-state index in [0.717, 1.165) is 16.8 Å². The molecular weight excluding hydrogens is 190 g/mol. The van der Waals surface area contributed by atoms with Gasteiger partial charge in [0.15, 0.2) is 0 Å². The number of hydrogen-bond acceptors (Lipinski definition) is 2. The molecule has 0 aliphatic heterocycles. The predicted octanol–water partition coefficient (Wildman–Crippen LogP) is 2.21. The van der Waals surface area contributed by atoms with Crippen LogP contribution in [0.2, 0.25) is 0 Å². The summed E-state index contributed by atoms with van der Waals surface area (Å²) in [6.45, 7) is 6.76. The van der Waals surface area contributed by atoms with Gasteiger partial charge in [-0.05, 0) is 44.0 Å². The quantitative estimate of drug-likeness (QED) is 0.823. The van der Waals surface area contributed by atoms with Crippen LogP contribution in [-0.4, -0.2) is 24.2 Å². The number of benzene rings is 1. The van der Waals surface area contributed by atoms with Gasteiger partial charge in [0, 0.05) is 12.2 Å². The van der Waals surface area contributed by atoms with Gasteiger partial charge < -0.3 is 10.0 Å². The number of aryl methyl sites for hydroxylation is 2. The van der Waals surface area contributed by atoms with Crippen LogP contribution in [0.25, 0.3) is 0 Å². The SMILES string of the molecule is CCN(CC(=O)O)c1cc(C)cc(C)c1. The summed E-state index contributed by atoms with van der Waals surface area (Å²) in [7, 11) is 0. The third kappa shape index (κ3) is 3.27. The number of hydrogen-bond donors (Lipinski definition) is 1. The molecule has 0 amide bonds. The van der Waals surface area contributed by atoms with Crippen molar-refractivity contribution in [1.29, 1.82) is 0 Å². The van der Waals surface area contributed by atoms with Crippen molar-refractivity contribution in [3.63, 3.8) is 0 Å². The fourth-order valence-electron chi connectivity index (χ4n) is 1.68. The maximum absolute atomic E-state index is 10.7. The topological polar surface area (TPSA) is 40.5 Å². The average Bonchev–Trinajstić information content (AvgIpc) is 2.12. The lowest BCUT2D eigenvalue weighted by atomic mass is 10.1. The van der Waals surface area contributed by atoms with Gasteiger partial charge in [0.1, 0.15) is 6.54 Å². The van der Waals surface area contributed by atoms with Gasteiger partial charge in [0.05, 0.1) is 0 Å². The van der Waals surface area contributed by atoms with Gasteiger partial charge in [0.2, 0.25) is 0 Å². The molecule has 0 atom stereocenters. The Hall–Kier alpha value is -1.51. The fourth-order valence-corrected chi connectivity index (χ4v) is 1.68. The number of likely N-dealkylation sites (N-methyl/N-ethyl adjacent to an activating group) is 1. The summed E-state index contributed by atoms with van der Waals surface area (Å²) in [5.74, 6) is -0.795. The zero-order valence-corrected chi connectivity index (χ0v) is 9.45. The van der Waals surface area contributed by atoms with Crippen LogP contribution >= 0.6 is 0 Å². The molecule has 0 saturated heterocycles. The van der Waals surface area contributed by atoms with Crippen LogP contribution in [0, 0.1) is 13.8 Å². The molecule has 0 heterocycles. The average molecular weight is 207 g/mol. The second-order valence-corrected chi connectivity index (χ2v) is 3.75. The minimum absolute atomic E-state index is 0.0550. The molecule has 0 unspecified atom stereocenters. The summed E-state index contributed by atoms with van der Waals surface area (Å²) >= 11 is 0. The summed E-state index contributed by atoms with van der Waals surface area (Å²) in [6.07, 6.45) is 0. The molecule has 15 heavy (non-hydrogen) atoms. The number of carboxylic acid groups (broad SMARTS) is 1. The largest absolute Gasteiger partial charge is 0.480 e. The Bertz CT molecular complexity index is 340. The van der Waals surface area contributed by atoms with Gasteiger partial charge in [-0.15, -0.1) is 0 Å². The zero-order valence-electron chi connectivity index (χ0n) is 9.45. The molecule has 0 spiro atoms. The Kier molecular flexibility index (Phi) is 3.72. The van der Waals surface area contributed by atoms with Crippen molar-refractivity contribution >= 4 is 11.7 Å². The monoisotopic (exact) mass is 207 g/mol. The molecule has 1 N–H and O–H groups in total. The first-order valence-corrected chi connectivity index (χ1v) is 5.08. The third-order valence-electron chi connectivity index (χ3n) is 2.28. The van der Waals surface area contributed by atoms with Crippen molar-refractivity contribution in [2.45, 2.75) is 20.8 Å². The van der Waals surface area contributed by atoms with Gasteiger partial charge in [0.25, 0.3) is 0 Å². The van der Waals surface area contributed by atoms with E-state index in [1.54, 1.807) is 0 Å². The van der Waals surface area contributed by atoms with E-state index in [4.69, 9.17) is 5.11 Å². The minimum atomic E-state index is -0.795. The van der Waals surface area contributed by atoms with Crippen molar-refractivity contribution < 1.29 is 9.90 Å². The molecule has 0 saturated carbocycles. The number of carbonyl (C=O) groups is 1. The van der Waals surface area contributed by atoms with Crippen LogP contribution in [0.1, 0.15) is 18.1 Å². The highest BCUT2D eigenvalue weighted by atomic mass is 16.4. The maximum Gasteiger partial charge on any atom is 0.323 e. The van der Waals surface area contributed by atoms with E-state index in [9.17, 15) is 4.79 Å². The second-order valence-electron chi connectivity index (χ2n) is 3.75. The number of anilines is 1. The summed E-state index contributed by atoms with van der Waals surface area (Å²) in [6, 6.07) is 6.11. The molecule has 3 nitrogen and oxygen atoms in total. The van der Waals surface area contributed by atoms with Crippen molar-refractivity contribution in [3.8, 4) is 0 Å². The molecular formula is C12H17NO2.